The third-order valence-electron chi connectivity index (χ3n) is 5.27. The second kappa shape index (κ2) is 9.40. The number of ether oxygens (including phenoxy) is 1. The lowest BCUT2D eigenvalue weighted by Crippen LogP contribution is -2.50. The maximum Gasteiger partial charge on any atom is 0.410 e. The number of carbonyl (C=O) groups excluding carboxylic acids is 3. The van der Waals surface area contributed by atoms with E-state index >= 15 is 0 Å². The van der Waals surface area contributed by atoms with Crippen LogP contribution in [0, 0.1) is 0 Å². The summed E-state index contributed by atoms with van der Waals surface area (Å²) < 4.78 is 5.31. The molecule has 0 aromatic heterocycles. The van der Waals surface area contributed by atoms with Gasteiger partial charge in [0.05, 0.1) is 6.54 Å². The quantitative estimate of drug-likeness (QED) is 0.731. The molecule has 0 unspecified atom stereocenters. The molecule has 3 amide bonds. The van der Waals surface area contributed by atoms with E-state index in [0.29, 0.717) is 38.8 Å². The SMILES string of the molecule is O=C(O)[C@@H]1CCCN1C(=O)CNC(=O)[C@@H]1CCCN1C(=O)OCc1ccccc1. The standard InChI is InChI=1S/C20H25N3O6/c24-17(22-10-5-9-16(22)19(26)27)12-21-18(25)15-8-4-11-23(15)20(28)29-13-14-6-2-1-3-7-14/h1-3,6-7,15-16H,4-5,8-13H2,(H,21,25)(H,26,27)/t15-,16-/m0/s1. The number of rotatable bonds is 6. The van der Waals surface area contributed by atoms with Gasteiger partial charge in [0.1, 0.15) is 18.7 Å². The van der Waals surface area contributed by atoms with Crippen molar-refractivity contribution < 1.29 is 29.0 Å². The van der Waals surface area contributed by atoms with E-state index in [-0.39, 0.29) is 13.2 Å². The molecule has 3 rings (SSSR count). The lowest BCUT2D eigenvalue weighted by atomic mass is 10.2. The van der Waals surface area contributed by atoms with Gasteiger partial charge in [-0.1, -0.05) is 30.3 Å². The highest BCUT2D eigenvalue weighted by Gasteiger charge is 2.37. The first kappa shape index (κ1) is 20.6. The molecule has 2 saturated heterocycles. The zero-order valence-electron chi connectivity index (χ0n) is 16.1. The zero-order chi connectivity index (χ0) is 20.8. The summed E-state index contributed by atoms with van der Waals surface area (Å²) in [6.45, 7) is 0.612. The van der Waals surface area contributed by atoms with E-state index < -0.39 is 36.0 Å². The van der Waals surface area contributed by atoms with Gasteiger partial charge in [-0.3, -0.25) is 14.5 Å². The summed E-state index contributed by atoms with van der Waals surface area (Å²) in [5.41, 5.74) is 0.852. The van der Waals surface area contributed by atoms with Crippen LogP contribution in [0.4, 0.5) is 4.79 Å². The predicted octanol–water partition coefficient (Wildman–Crippen LogP) is 0.979. The van der Waals surface area contributed by atoms with Crippen LogP contribution in [-0.4, -0.2) is 70.5 Å². The third kappa shape index (κ3) is 5.04. The second-order valence-electron chi connectivity index (χ2n) is 7.19. The van der Waals surface area contributed by atoms with Crippen LogP contribution in [0.2, 0.25) is 0 Å². The smallest absolute Gasteiger partial charge is 0.410 e. The van der Waals surface area contributed by atoms with Gasteiger partial charge < -0.3 is 20.1 Å². The number of benzene rings is 1. The van der Waals surface area contributed by atoms with E-state index in [4.69, 9.17) is 4.74 Å². The minimum Gasteiger partial charge on any atom is -0.480 e. The predicted molar refractivity (Wildman–Crippen MR) is 102 cm³/mol. The van der Waals surface area contributed by atoms with Crippen LogP contribution in [0.1, 0.15) is 31.2 Å². The topological polar surface area (TPSA) is 116 Å². The van der Waals surface area contributed by atoms with Crippen LogP contribution in [0.5, 0.6) is 0 Å². The van der Waals surface area contributed by atoms with Gasteiger partial charge in [-0.05, 0) is 31.2 Å². The number of hydrogen-bond acceptors (Lipinski definition) is 5. The fourth-order valence-electron chi connectivity index (χ4n) is 3.76. The van der Waals surface area contributed by atoms with E-state index in [1.165, 1.54) is 9.80 Å². The van der Waals surface area contributed by atoms with Gasteiger partial charge in [-0.15, -0.1) is 0 Å². The average Bonchev–Trinajstić information content (AvgIpc) is 3.40. The van der Waals surface area contributed by atoms with Crippen molar-refractivity contribution in [3.05, 3.63) is 35.9 Å². The molecular formula is C20H25N3O6. The summed E-state index contributed by atoms with van der Waals surface area (Å²) >= 11 is 0. The van der Waals surface area contributed by atoms with Crippen molar-refractivity contribution in [3.8, 4) is 0 Å². The Kier molecular flexibility index (Phi) is 6.69. The number of carbonyl (C=O) groups is 4. The number of aliphatic carboxylic acids is 1. The van der Waals surface area contributed by atoms with Crippen LogP contribution in [0.3, 0.4) is 0 Å². The largest absolute Gasteiger partial charge is 0.480 e. The Bertz CT molecular complexity index is 769. The zero-order valence-corrected chi connectivity index (χ0v) is 16.1. The summed E-state index contributed by atoms with van der Waals surface area (Å²) in [5.74, 6) is -1.90. The van der Waals surface area contributed by atoms with Gasteiger partial charge in [0.2, 0.25) is 11.8 Å². The number of nitrogens with zero attached hydrogens (tertiary/aromatic N) is 2. The van der Waals surface area contributed by atoms with Crippen LogP contribution in [0.15, 0.2) is 30.3 Å². The lowest BCUT2D eigenvalue weighted by molar-refractivity contribution is -0.148. The first-order valence-electron chi connectivity index (χ1n) is 9.74. The Morgan fingerprint density at radius 3 is 2.34 bits per heavy atom. The van der Waals surface area contributed by atoms with E-state index in [1.54, 1.807) is 0 Å². The van der Waals surface area contributed by atoms with Gasteiger partial charge in [-0.2, -0.15) is 0 Å². The second-order valence-corrected chi connectivity index (χ2v) is 7.19. The Morgan fingerprint density at radius 1 is 1.00 bits per heavy atom. The molecule has 156 valence electrons. The highest BCUT2D eigenvalue weighted by molar-refractivity contribution is 5.91. The van der Waals surface area contributed by atoms with E-state index in [1.807, 2.05) is 30.3 Å². The number of nitrogens with one attached hydrogen (secondary N) is 1. The summed E-state index contributed by atoms with van der Waals surface area (Å²) in [6, 6.07) is 7.72. The summed E-state index contributed by atoms with van der Waals surface area (Å²) in [7, 11) is 0. The van der Waals surface area contributed by atoms with Crippen LogP contribution in [-0.2, 0) is 25.7 Å². The lowest BCUT2D eigenvalue weighted by Gasteiger charge is -2.25. The monoisotopic (exact) mass is 403 g/mol. The van der Waals surface area contributed by atoms with Gasteiger partial charge in [0.15, 0.2) is 0 Å². The first-order chi connectivity index (χ1) is 14.0. The summed E-state index contributed by atoms with van der Waals surface area (Å²) in [6.07, 6.45) is 1.63. The Balaban J connectivity index is 1.49. The Hall–Kier alpha value is -3.10. The maximum absolute atomic E-state index is 12.5. The molecule has 0 saturated carbocycles. The number of amides is 3. The average molecular weight is 403 g/mol. The summed E-state index contributed by atoms with van der Waals surface area (Å²) in [4.78, 5) is 51.1. The molecule has 2 N–H and O–H groups in total. The number of likely N-dealkylation sites (tertiary alicyclic amines) is 2. The molecule has 0 bridgehead atoms. The normalized spacial score (nSPS) is 21.1. The number of hydrogen-bond donors (Lipinski definition) is 2. The highest BCUT2D eigenvalue weighted by atomic mass is 16.6. The minimum absolute atomic E-state index is 0.120. The van der Waals surface area contributed by atoms with Gasteiger partial charge >= 0.3 is 12.1 Å². The van der Waals surface area contributed by atoms with Crippen molar-refractivity contribution in [1.82, 2.24) is 15.1 Å². The molecule has 29 heavy (non-hydrogen) atoms. The summed E-state index contributed by atoms with van der Waals surface area (Å²) in [5, 5.41) is 11.7. The van der Waals surface area contributed by atoms with Gasteiger partial charge in [-0.25, -0.2) is 9.59 Å². The molecule has 2 fully saturated rings. The maximum atomic E-state index is 12.5. The molecular weight excluding hydrogens is 378 g/mol. The first-order valence-corrected chi connectivity index (χ1v) is 9.74. The van der Waals surface area contributed by atoms with Crippen molar-refractivity contribution in [2.24, 2.45) is 0 Å². The van der Waals surface area contributed by atoms with Crippen LogP contribution in [0.25, 0.3) is 0 Å². The molecule has 9 nitrogen and oxygen atoms in total. The van der Waals surface area contributed by atoms with Crippen molar-refractivity contribution >= 4 is 23.9 Å². The molecule has 9 heteroatoms. The molecule has 1 aromatic carbocycles. The van der Waals surface area contributed by atoms with E-state index in [2.05, 4.69) is 5.32 Å². The fraction of sp³-hybridized carbons (Fsp3) is 0.500. The van der Waals surface area contributed by atoms with Crippen molar-refractivity contribution in [1.29, 1.82) is 0 Å². The van der Waals surface area contributed by atoms with Crippen molar-refractivity contribution in [3.63, 3.8) is 0 Å². The highest BCUT2D eigenvalue weighted by Crippen LogP contribution is 2.20. The molecule has 0 radical (unpaired) electrons. The molecule has 0 aliphatic carbocycles. The van der Waals surface area contributed by atoms with Crippen molar-refractivity contribution in [2.75, 3.05) is 19.6 Å². The van der Waals surface area contributed by atoms with Crippen molar-refractivity contribution in [2.45, 2.75) is 44.4 Å². The molecule has 2 heterocycles. The molecule has 2 atom stereocenters. The Morgan fingerprint density at radius 2 is 1.66 bits per heavy atom. The van der Waals surface area contributed by atoms with Gasteiger partial charge in [0.25, 0.3) is 0 Å². The molecule has 0 spiro atoms. The number of carboxylic acid groups (broad SMARTS) is 1. The Labute approximate surface area is 168 Å². The fourth-order valence-corrected chi connectivity index (χ4v) is 3.76. The molecule has 1 aromatic rings. The molecule has 2 aliphatic heterocycles. The molecule has 2 aliphatic rings. The van der Waals surface area contributed by atoms with Crippen LogP contribution < -0.4 is 5.32 Å². The minimum atomic E-state index is -1.04. The number of carboxylic acids is 1. The van der Waals surface area contributed by atoms with E-state index in [0.717, 1.165) is 5.56 Å². The van der Waals surface area contributed by atoms with Crippen LogP contribution >= 0.6 is 0 Å². The van der Waals surface area contributed by atoms with Gasteiger partial charge in [0, 0.05) is 13.1 Å². The van der Waals surface area contributed by atoms with E-state index in [9.17, 15) is 24.3 Å². The third-order valence-corrected chi connectivity index (χ3v) is 5.27.